The van der Waals surface area contributed by atoms with Gasteiger partial charge < -0.3 is 5.32 Å². The van der Waals surface area contributed by atoms with Gasteiger partial charge in [0.2, 0.25) is 5.91 Å². The smallest absolute Gasteiger partial charge is 0.220 e. The molecule has 1 fully saturated rings. The van der Waals surface area contributed by atoms with Crippen molar-refractivity contribution in [3.8, 4) is 0 Å². The summed E-state index contributed by atoms with van der Waals surface area (Å²) in [6, 6.07) is 4.14. The average Bonchev–Trinajstić information content (AvgIpc) is 3.04. The van der Waals surface area contributed by atoms with Crippen LogP contribution in [0.3, 0.4) is 0 Å². The van der Waals surface area contributed by atoms with Gasteiger partial charge in [-0.2, -0.15) is 0 Å². The molecule has 0 unspecified atom stereocenters. The van der Waals surface area contributed by atoms with Crippen molar-refractivity contribution in [3.63, 3.8) is 0 Å². The van der Waals surface area contributed by atoms with Gasteiger partial charge in [-0.3, -0.25) is 4.79 Å². The zero-order valence-corrected chi connectivity index (χ0v) is 11.8. The highest BCUT2D eigenvalue weighted by Gasteiger charge is 2.14. The molecule has 1 N–H and O–H groups in total. The molecule has 1 saturated carbocycles. The van der Waals surface area contributed by atoms with Crippen LogP contribution in [0.25, 0.3) is 0 Å². The highest BCUT2D eigenvalue weighted by Crippen LogP contribution is 2.28. The molecule has 0 aliphatic heterocycles. The van der Waals surface area contributed by atoms with Crippen LogP contribution in [0, 0.1) is 5.92 Å². The number of thiophene rings is 1. The molecule has 1 amide bonds. The number of carbonyl (C=O) groups is 1. The standard InChI is InChI=1S/C15H23NOS/c17-15(10-9-14-8-4-12-18-14)16-11-3-7-13-5-1-2-6-13/h4,8,12-13H,1-3,5-7,9-11H2,(H,16,17). The Hall–Kier alpha value is -0.830. The predicted molar refractivity (Wildman–Crippen MR) is 76.8 cm³/mol. The first-order chi connectivity index (χ1) is 8.84. The number of aryl methyl sites for hydroxylation is 1. The molecular formula is C15H23NOS. The second-order valence-electron chi connectivity index (χ2n) is 5.22. The molecular weight excluding hydrogens is 242 g/mol. The van der Waals surface area contributed by atoms with Gasteiger partial charge in [-0.25, -0.2) is 0 Å². The van der Waals surface area contributed by atoms with Gasteiger partial charge in [-0.05, 0) is 36.6 Å². The molecule has 0 aromatic carbocycles. The lowest BCUT2D eigenvalue weighted by molar-refractivity contribution is -0.121. The molecule has 1 aliphatic rings. The molecule has 18 heavy (non-hydrogen) atoms. The summed E-state index contributed by atoms with van der Waals surface area (Å²) in [7, 11) is 0. The van der Waals surface area contributed by atoms with Gasteiger partial charge in [0.1, 0.15) is 0 Å². The number of hydrogen-bond donors (Lipinski definition) is 1. The van der Waals surface area contributed by atoms with Crippen molar-refractivity contribution in [1.82, 2.24) is 5.32 Å². The maximum absolute atomic E-state index is 11.6. The monoisotopic (exact) mass is 265 g/mol. The van der Waals surface area contributed by atoms with E-state index in [2.05, 4.69) is 16.8 Å². The predicted octanol–water partition coefficient (Wildman–Crippen LogP) is 3.77. The summed E-state index contributed by atoms with van der Waals surface area (Å²) >= 11 is 1.73. The SMILES string of the molecule is O=C(CCc1cccs1)NCCCC1CCCC1. The Kier molecular flexibility index (Phi) is 5.72. The molecule has 1 heterocycles. The molecule has 0 bridgehead atoms. The summed E-state index contributed by atoms with van der Waals surface area (Å²) in [4.78, 5) is 12.9. The van der Waals surface area contributed by atoms with Crippen molar-refractivity contribution in [2.75, 3.05) is 6.54 Å². The zero-order chi connectivity index (χ0) is 12.6. The van der Waals surface area contributed by atoms with Crippen molar-refractivity contribution in [3.05, 3.63) is 22.4 Å². The van der Waals surface area contributed by atoms with E-state index in [0.717, 1.165) is 25.3 Å². The quantitative estimate of drug-likeness (QED) is 0.747. The van der Waals surface area contributed by atoms with Gasteiger partial charge in [0.25, 0.3) is 0 Å². The Balaban J connectivity index is 1.49. The zero-order valence-electron chi connectivity index (χ0n) is 11.0. The van der Waals surface area contributed by atoms with Crippen LogP contribution in [0.4, 0.5) is 0 Å². The van der Waals surface area contributed by atoms with Crippen LogP contribution < -0.4 is 5.32 Å². The molecule has 3 heteroatoms. The van der Waals surface area contributed by atoms with Crippen LogP contribution in [0.2, 0.25) is 0 Å². The number of hydrogen-bond acceptors (Lipinski definition) is 2. The minimum Gasteiger partial charge on any atom is -0.356 e. The van der Waals surface area contributed by atoms with Crippen molar-refractivity contribution in [2.45, 2.75) is 51.4 Å². The molecule has 2 nitrogen and oxygen atoms in total. The van der Waals surface area contributed by atoms with E-state index in [0.29, 0.717) is 6.42 Å². The fourth-order valence-electron chi connectivity index (χ4n) is 2.70. The Labute approximate surface area is 114 Å². The van der Waals surface area contributed by atoms with Gasteiger partial charge in [0, 0.05) is 17.8 Å². The first-order valence-electron chi connectivity index (χ1n) is 7.13. The number of rotatable bonds is 7. The fraction of sp³-hybridized carbons (Fsp3) is 0.667. The number of amides is 1. The lowest BCUT2D eigenvalue weighted by Gasteiger charge is -2.09. The molecule has 0 saturated heterocycles. The first-order valence-corrected chi connectivity index (χ1v) is 8.01. The molecule has 1 aromatic rings. The maximum Gasteiger partial charge on any atom is 0.220 e. The van der Waals surface area contributed by atoms with E-state index >= 15 is 0 Å². The summed E-state index contributed by atoms with van der Waals surface area (Å²) in [5.41, 5.74) is 0. The average molecular weight is 265 g/mol. The summed E-state index contributed by atoms with van der Waals surface area (Å²) in [6.45, 7) is 0.861. The molecule has 100 valence electrons. The van der Waals surface area contributed by atoms with Crippen LogP contribution >= 0.6 is 11.3 Å². The minimum atomic E-state index is 0.204. The summed E-state index contributed by atoms with van der Waals surface area (Å²) in [5, 5.41) is 5.10. The topological polar surface area (TPSA) is 29.1 Å². The van der Waals surface area contributed by atoms with E-state index in [-0.39, 0.29) is 5.91 Å². The second kappa shape index (κ2) is 7.57. The lowest BCUT2D eigenvalue weighted by atomic mass is 10.0. The van der Waals surface area contributed by atoms with E-state index in [1.165, 1.54) is 37.0 Å². The summed E-state index contributed by atoms with van der Waals surface area (Å²) in [6.07, 6.45) is 9.60. The highest BCUT2D eigenvalue weighted by molar-refractivity contribution is 7.09. The second-order valence-corrected chi connectivity index (χ2v) is 6.25. The fourth-order valence-corrected chi connectivity index (χ4v) is 3.41. The normalized spacial score (nSPS) is 16.0. The third-order valence-electron chi connectivity index (χ3n) is 3.76. The van der Waals surface area contributed by atoms with Gasteiger partial charge in [0.15, 0.2) is 0 Å². The molecule has 0 spiro atoms. The van der Waals surface area contributed by atoms with Crippen LogP contribution in [-0.4, -0.2) is 12.5 Å². The molecule has 1 aromatic heterocycles. The van der Waals surface area contributed by atoms with E-state index in [1.54, 1.807) is 11.3 Å². The first kappa shape index (κ1) is 13.6. The van der Waals surface area contributed by atoms with Crippen LogP contribution in [-0.2, 0) is 11.2 Å². The third kappa shape index (κ3) is 4.81. The van der Waals surface area contributed by atoms with E-state index in [9.17, 15) is 4.79 Å². The Bertz CT molecular complexity index is 341. The Morgan fingerprint density at radius 2 is 2.22 bits per heavy atom. The highest BCUT2D eigenvalue weighted by atomic mass is 32.1. The summed E-state index contributed by atoms with van der Waals surface area (Å²) < 4.78 is 0. The van der Waals surface area contributed by atoms with Gasteiger partial charge >= 0.3 is 0 Å². The van der Waals surface area contributed by atoms with Crippen molar-refractivity contribution in [2.24, 2.45) is 5.92 Å². The van der Waals surface area contributed by atoms with Gasteiger partial charge in [0.05, 0.1) is 0 Å². The van der Waals surface area contributed by atoms with E-state index in [4.69, 9.17) is 0 Å². The molecule has 2 rings (SSSR count). The third-order valence-corrected chi connectivity index (χ3v) is 4.70. The molecule has 0 atom stereocenters. The Morgan fingerprint density at radius 1 is 1.39 bits per heavy atom. The maximum atomic E-state index is 11.6. The van der Waals surface area contributed by atoms with E-state index in [1.807, 2.05) is 6.07 Å². The summed E-state index contributed by atoms with van der Waals surface area (Å²) in [5.74, 6) is 1.14. The largest absolute Gasteiger partial charge is 0.356 e. The Morgan fingerprint density at radius 3 is 2.94 bits per heavy atom. The molecule has 0 radical (unpaired) electrons. The van der Waals surface area contributed by atoms with Crippen molar-refractivity contribution >= 4 is 17.2 Å². The van der Waals surface area contributed by atoms with E-state index < -0.39 is 0 Å². The lowest BCUT2D eigenvalue weighted by Crippen LogP contribution is -2.24. The van der Waals surface area contributed by atoms with Crippen LogP contribution in [0.15, 0.2) is 17.5 Å². The van der Waals surface area contributed by atoms with Crippen molar-refractivity contribution < 1.29 is 4.79 Å². The number of nitrogens with one attached hydrogen (secondary N) is 1. The van der Waals surface area contributed by atoms with Crippen LogP contribution in [0.5, 0.6) is 0 Å². The number of carbonyl (C=O) groups excluding carboxylic acids is 1. The molecule has 1 aliphatic carbocycles. The van der Waals surface area contributed by atoms with Crippen LogP contribution in [0.1, 0.15) is 49.8 Å². The van der Waals surface area contributed by atoms with Gasteiger partial charge in [-0.1, -0.05) is 31.7 Å². The van der Waals surface area contributed by atoms with Gasteiger partial charge in [-0.15, -0.1) is 11.3 Å². The minimum absolute atomic E-state index is 0.204. The van der Waals surface area contributed by atoms with Crippen molar-refractivity contribution in [1.29, 1.82) is 0 Å².